The summed E-state index contributed by atoms with van der Waals surface area (Å²) in [7, 11) is 0. The van der Waals surface area contributed by atoms with Gasteiger partial charge in [-0.2, -0.15) is 0 Å². The van der Waals surface area contributed by atoms with E-state index >= 15 is 0 Å². The van der Waals surface area contributed by atoms with Crippen molar-refractivity contribution in [2.75, 3.05) is 6.61 Å². The van der Waals surface area contributed by atoms with Crippen molar-refractivity contribution in [3.05, 3.63) is 24.3 Å². The van der Waals surface area contributed by atoms with Gasteiger partial charge in [-0.05, 0) is 18.8 Å². The highest BCUT2D eigenvalue weighted by Gasteiger charge is 2.41. The lowest BCUT2D eigenvalue weighted by Crippen LogP contribution is -2.51. The summed E-state index contributed by atoms with van der Waals surface area (Å²) in [5, 5.41) is 38.3. The predicted octanol–water partition coefficient (Wildman–Crippen LogP) is 0.610. The van der Waals surface area contributed by atoms with Gasteiger partial charge in [0.25, 0.3) is 0 Å². The summed E-state index contributed by atoms with van der Waals surface area (Å²) in [5.74, 6) is -0.533. The Morgan fingerprint density at radius 1 is 1.11 bits per heavy atom. The molecule has 4 heteroatoms. The topological polar surface area (TPSA) is 80.9 Å². The van der Waals surface area contributed by atoms with Crippen molar-refractivity contribution in [2.45, 2.75) is 44.5 Å². The van der Waals surface area contributed by atoms with E-state index in [0.29, 0.717) is 6.42 Å². The van der Waals surface area contributed by atoms with E-state index < -0.39 is 24.2 Å². The molecule has 0 saturated heterocycles. The molecular weight excluding hydrogens is 232 g/mol. The molecule has 0 aromatic rings. The van der Waals surface area contributed by atoms with E-state index in [1.807, 2.05) is 18.2 Å². The quantitative estimate of drug-likeness (QED) is 0.543. The Balaban J connectivity index is 2.62. The van der Waals surface area contributed by atoms with Gasteiger partial charge in [-0.1, -0.05) is 37.6 Å². The van der Waals surface area contributed by atoms with Crippen LogP contribution in [0.25, 0.3) is 0 Å². The Morgan fingerprint density at radius 2 is 1.83 bits per heavy atom. The van der Waals surface area contributed by atoms with Gasteiger partial charge in [-0.3, -0.25) is 0 Å². The Labute approximate surface area is 108 Å². The van der Waals surface area contributed by atoms with Crippen LogP contribution in [0.3, 0.4) is 0 Å². The molecule has 0 unspecified atom stereocenters. The normalized spacial score (nSPS) is 37.7. The molecule has 18 heavy (non-hydrogen) atoms. The molecule has 4 nitrogen and oxygen atoms in total. The Bertz CT molecular complexity index is 288. The molecule has 1 saturated carbocycles. The van der Waals surface area contributed by atoms with Gasteiger partial charge in [0.1, 0.15) is 6.10 Å². The molecule has 1 aliphatic carbocycles. The first-order chi connectivity index (χ1) is 8.61. The van der Waals surface area contributed by atoms with Gasteiger partial charge in [0.05, 0.1) is 12.2 Å². The third-order valence-electron chi connectivity index (χ3n) is 3.52. The summed E-state index contributed by atoms with van der Waals surface area (Å²) in [4.78, 5) is 0. The van der Waals surface area contributed by atoms with Crippen molar-refractivity contribution >= 4 is 0 Å². The van der Waals surface area contributed by atoms with Gasteiger partial charge < -0.3 is 20.4 Å². The van der Waals surface area contributed by atoms with Crippen LogP contribution in [0.1, 0.15) is 26.2 Å². The van der Waals surface area contributed by atoms with Gasteiger partial charge in [0.2, 0.25) is 0 Å². The average Bonchev–Trinajstić information content (AvgIpc) is 2.36. The summed E-state index contributed by atoms with van der Waals surface area (Å²) in [6.07, 6.45) is 7.04. The maximum Gasteiger partial charge on any atom is 0.106 e. The Morgan fingerprint density at radius 3 is 2.44 bits per heavy atom. The number of hydrogen-bond donors (Lipinski definition) is 4. The summed E-state index contributed by atoms with van der Waals surface area (Å²) >= 11 is 0. The number of aliphatic hydroxyl groups excluding tert-OH is 4. The first-order valence-electron chi connectivity index (χ1n) is 6.60. The maximum atomic E-state index is 9.80. The van der Waals surface area contributed by atoms with E-state index in [9.17, 15) is 20.4 Å². The van der Waals surface area contributed by atoms with E-state index in [0.717, 1.165) is 12.8 Å². The van der Waals surface area contributed by atoms with E-state index in [4.69, 9.17) is 0 Å². The zero-order valence-corrected chi connectivity index (χ0v) is 10.8. The molecule has 0 heterocycles. The van der Waals surface area contributed by atoms with Crippen LogP contribution in [0, 0.1) is 11.8 Å². The highest BCUT2D eigenvalue weighted by atomic mass is 16.4. The molecule has 0 radical (unpaired) electrons. The fraction of sp³-hybridized carbons (Fsp3) is 0.714. The Hall–Kier alpha value is -0.680. The maximum absolute atomic E-state index is 9.80. The van der Waals surface area contributed by atoms with Crippen LogP contribution >= 0.6 is 0 Å². The van der Waals surface area contributed by atoms with Crippen molar-refractivity contribution in [2.24, 2.45) is 11.8 Å². The summed E-state index contributed by atoms with van der Waals surface area (Å²) < 4.78 is 0. The molecule has 0 aliphatic heterocycles. The van der Waals surface area contributed by atoms with Crippen molar-refractivity contribution < 1.29 is 20.4 Å². The average molecular weight is 256 g/mol. The molecule has 0 amide bonds. The standard InChI is InChI=1S/C14H24O4/c1-2-3-4-5-6-7-10-8-12(16)14(18)13(17)11(10)9-15/h4-7,10-18H,2-3,8-9H2,1H3/b5-4+,7-6+/t10-,11+,12-,13+,14-/m0/s1. The van der Waals surface area contributed by atoms with Crippen LogP contribution in [0.2, 0.25) is 0 Å². The minimum Gasteiger partial charge on any atom is -0.396 e. The fourth-order valence-corrected chi connectivity index (χ4v) is 2.34. The van der Waals surface area contributed by atoms with E-state index in [-0.39, 0.29) is 12.5 Å². The number of hydrogen-bond acceptors (Lipinski definition) is 4. The summed E-state index contributed by atoms with van der Waals surface area (Å²) in [6.45, 7) is 1.91. The molecule has 0 spiro atoms. The van der Waals surface area contributed by atoms with Gasteiger partial charge in [0.15, 0.2) is 0 Å². The molecule has 5 atom stereocenters. The molecule has 0 aromatic heterocycles. The van der Waals surface area contributed by atoms with E-state index in [1.165, 1.54) is 0 Å². The SMILES string of the molecule is CCC/C=C/C=C/[C@H]1C[C@H](O)[C@H](O)[C@H](O)[C@@H]1CO. The lowest BCUT2D eigenvalue weighted by molar-refractivity contribution is -0.131. The highest BCUT2D eigenvalue weighted by Crippen LogP contribution is 2.31. The van der Waals surface area contributed by atoms with Crippen molar-refractivity contribution in [1.29, 1.82) is 0 Å². The van der Waals surface area contributed by atoms with Crippen LogP contribution in [0.5, 0.6) is 0 Å². The van der Waals surface area contributed by atoms with Crippen LogP contribution in [0.4, 0.5) is 0 Å². The largest absolute Gasteiger partial charge is 0.396 e. The van der Waals surface area contributed by atoms with Crippen LogP contribution in [-0.4, -0.2) is 45.3 Å². The van der Waals surface area contributed by atoms with Crippen molar-refractivity contribution in [1.82, 2.24) is 0 Å². The highest BCUT2D eigenvalue weighted by molar-refractivity contribution is 5.08. The van der Waals surface area contributed by atoms with E-state index in [1.54, 1.807) is 0 Å². The lowest BCUT2D eigenvalue weighted by atomic mass is 9.74. The van der Waals surface area contributed by atoms with Crippen molar-refractivity contribution in [3.63, 3.8) is 0 Å². The second kappa shape index (κ2) is 7.69. The number of rotatable bonds is 5. The molecule has 1 aliphatic rings. The predicted molar refractivity (Wildman–Crippen MR) is 69.9 cm³/mol. The lowest BCUT2D eigenvalue weighted by Gasteiger charge is -2.39. The van der Waals surface area contributed by atoms with Gasteiger partial charge in [-0.25, -0.2) is 0 Å². The van der Waals surface area contributed by atoms with Gasteiger partial charge in [0, 0.05) is 12.5 Å². The number of allylic oxidation sites excluding steroid dienone is 4. The van der Waals surface area contributed by atoms with Gasteiger partial charge in [-0.15, -0.1) is 0 Å². The molecular formula is C14H24O4. The molecule has 1 fully saturated rings. The molecule has 1 rings (SSSR count). The minimum atomic E-state index is -1.16. The van der Waals surface area contributed by atoms with Gasteiger partial charge >= 0.3 is 0 Å². The fourth-order valence-electron chi connectivity index (χ4n) is 2.34. The minimum absolute atomic E-state index is 0.116. The molecule has 4 N–H and O–H groups in total. The van der Waals surface area contributed by atoms with Crippen LogP contribution in [-0.2, 0) is 0 Å². The third kappa shape index (κ3) is 3.92. The second-order valence-corrected chi connectivity index (χ2v) is 4.90. The molecule has 104 valence electrons. The zero-order valence-electron chi connectivity index (χ0n) is 10.8. The van der Waals surface area contributed by atoms with E-state index in [2.05, 4.69) is 13.0 Å². The monoisotopic (exact) mass is 256 g/mol. The molecule has 0 bridgehead atoms. The number of unbranched alkanes of at least 4 members (excludes halogenated alkanes) is 1. The first-order valence-corrected chi connectivity index (χ1v) is 6.60. The van der Waals surface area contributed by atoms with Crippen LogP contribution < -0.4 is 0 Å². The first kappa shape index (κ1) is 15.4. The smallest absolute Gasteiger partial charge is 0.106 e. The third-order valence-corrected chi connectivity index (χ3v) is 3.52. The summed E-state index contributed by atoms with van der Waals surface area (Å²) in [6, 6.07) is 0. The zero-order chi connectivity index (χ0) is 13.5. The number of aliphatic hydroxyl groups is 4. The second-order valence-electron chi connectivity index (χ2n) is 4.90. The van der Waals surface area contributed by atoms with Crippen molar-refractivity contribution in [3.8, 4) is 0 Å². The Kier molecular flexibility index (Phi) is 6.57. The summed E-state index contributed by atoms with van der Waals surface area (Å²) in [5.41, 5.74) is 0. The van der Waals surface area contributed by atoms with Crippen LogP contribution in [0.15, 0.2) is 24.3 Å². The molecule has 0 aromatic carbocycles.